The van der Waals surface area contributed by atoms with Gasteiger partial charge in [0.25, 0.3) is 0 Å². The van der Waals surface area contributed by atoms with E-state index in [2.05, 4.69) is 106 Å². The summed E-state index contributed by atoms with van der Waals surface area (Å²) in [4.78, 5) is 38.0. The fraction of sp³-hybridized carbons (Fsp3) is 0.738. The Morgan fingerprint density at radius 3 is 0.873 bits per heavy atom. The topological polar surface area (TPSA) is 78.9 Å². The van der Waals surface area contributed by atoms with Crippen LogP contribution in [0.3, 0.4) is 0 Å². The summed E-state index contributed by atoms with van der Waals surface area (Å²) in [7, 11) is 0. The molecule has 0 saturated heterocycles. The van der Waals surface area contributed by atoms with Crippen molar-refractivity contribution in [3.05, 3.63) is 85.1 Å². The Morgan fingerprint density at radius 1 is 0.296 bits per heavy atom. The normalized spacial score (nSPS) is 12.7. The van der Waals surface area contributed by atoms with Gasteiger partial charge in [-0.3, -0.25) is 14.4 Å². The summed E-state index contributed by atoms with van der Waals surface area (Å²) in [6.45, 7) is 6.50. The Balaban J connectivity index is 4.17. The van der Waals surface area contributed by atoms with Gasteiger partial charge in [-0.25, -0.2) is 0 Å². The molecule has 6 heteroatoms. The Hall–Kier alpha value is -3.41. The van der Waals surface area contributed by atoms with E-state index >= 15 is 0 Å². The highest BCUT2D eigenvalue weighted by atomic mass is 16.6. The molecule has 0 aliphatic heterocycles. The SMILES string of the molecule is CC/C=C\C/C=C\C/C=C\C/C=C\C/C=C\C/C=C\CCCCCCCCCCCCC(=O)OCC(COC(=O)CCCCCCCCCC)OC(=O)CCCCCCC/C=C\CCCCCCCCC. The molecule has 0 heterocycles. The van der Waals surface area contributed by atoms with Crippen molar-refractivity contribution in [2.24, 2.45) is 0 Å². The second-order valence-electron chi connectivity index (χ2n) is 19.9. The lowest BCUT2D eigenvalue weighted by atomic mass is 10.1. The first-order valence-corrected chi connectivity index (χ1v) is 30.1. The lowest BCUT2D eigenvalue weighted by molar-refractivity contribution is -0.167. The van der Waals surface area contributed by atoms with Crippen LogP contribution < -0.4 is 0 Å². The molecule has 0 amide bonds. The summed E-state index contributed by atoms with van der Waals surface area (Å²) in [6, 6.07) is 0. The molecule has 0 aromatic heterocycles. The van der Waals surface area contributed by atoms with Gasteiger partial charge >= 0.3 is 17.9 Å². The number of unbranched alkanes of at least 4 members (excludes halogenated alkanes) is 29. The molecule has 0 N–H and O–H groups in total. The molecule has 0 aromatic rings. The predicted octanol–water partition coefficient (Wildman–Crippen LogP) is 20.3. The summed E-state index contributed by atoms with van der Waals surface area (Å²) >= 11 is 0. The second kappa shape index (κ2) is 59.2. The molecule has 0 saturated carbocycles. The highest BCUT2D eigenvalue weighted by molar-refractivity contribution is 5.71. The summed E-state index contributed by atoms with van der Waals surface area (Å²) in [5.74, 6) is -0.889. The summed E-state index contributed by atoms with van der Waals surface area (Å²) in [5, 5.41) is 0. The van der Waals surface area contributed by atoms with Crippen LogP contribution in [-0.4, -0.2) is 37.2 Å². The maximum Gasteiger partial charge on any atom is 0.306 e. The number of carbonyl (C=O) groups is 3. The van der Waals surface area contributed by atoms with Crippen LogP contribution in [0, 0.1) is 0 Å². The number of esters is 3. The fourth-order valence-corrected chi connectivity index (χ4v) is 8.38. The van der Waals surface area contributed by atoms with Crippen molar-refractivity contribution in [1.29, 1.82) is 0 Å². The van der Waals surface area contributed by atoms with Crippen molar-refractivity contribution >= 4 is 17.9 Å². The highest BCUT2D eigenvalue weighted by Gasteiger charge is 2.19. The fourth-order valence-electron chi connectivity index (χ4n) is 8.38. The van der Waals surface area contributed by atoms with E-state index in [-0.39, 0.29) is 31.1 Å². The summed E-state index contributed by atoms with van der Waals surface area (Å²) < 4.78 is 16.8. The Bertz CT molecular complexity index is 1370. The van der Waals surface area contributed by atoms with Crippen LogP contribution in [0.2, 0.25) is 0 Å². The molecule has 0 rings (SSSR count). The average molecular weight is 990 g/mol. The van der Waals surface area contributed by atoms with Crippen LogP contribution >= 0.6 is 0 Å². The molecule has 1 atom stereocenters. The van der Waals surface area contributed by atoms with Gasteiger partial charge in [0, 0.05) is 19.3 Å². The zero-order valence-corrected chi connectivity index (χ0v) is 46.7. The zero-order valence-electron chi connectivity index (χ0n) is 46.7. The molecule has 6 nitrogen and oxygen atoms in total. The lowest BCUT2D eigenvalue weighted by Crippen LogP contribution is -2.30. The smallest absolute Gasteiger partial charge is 0.306 e. The van der Waals surface area contributed by atoms with Crippen LogP contribution in [0.5, 0.6) is 0 Å². The first-order valence-electron chi connectivity index (χ1n) is 30.1. The minimum atomic E-state index is -0.779. The van der Waals surface area contributed by atoms with Crippen molar-refractivity contribution in [3.63, 3.8) is 0 Å². The summed E-state index contributed by atoms with van der Waals surface area (Å²) in [5.41, 5.74) is 0. The van der Waals surface area contributed by atoms with Gasteiger partial charge in [0.15, 0.2) is 6.10 Å². The molecule has 0 spiro atoms. The third kappa shape index (κ3) is 57.4. The van der Waals surface area contributed by atoms with Crippen LogP contribution in [0.25, 0.3) is 0 Å². The van der Waals surface area contributed by atoms with Gasteiger partial charge in [-0.15, -0.1) is 0 Å². The Morgan fingerprint density at radius 2 is 0.549 bits per heavy atom. The number of hydrogen-bond donors (Lipinski definition) is 0. The number of rotatable bonds is 54. The van der Waals surface area contributed by atoms with Gasteiger partial charge in [-0.05, 0) is 96.3 Å². The minimum Gasteiger partial charge on any atom is -0.462 e. The third-order valence-corrected chi connectivity index (χ3v) is 12.9. The monoisotopic (exact) mass is 989 g/mol. The molecule has 0 aliphatic rings. The van der Waals surface area contributed by atoms with Gasteiger partial charge in [-0.1, -0.05) is 260 Å². The number of hydrogen-bond acceptors (Lipinski definition) is 6. The molecule has 0 aliphatic carbocycles. The van der Waals surface area contributed by atoms with Crippen molar-refractivity contribution in [2.75, 3.05) is 13.2 Å². The van der Waals surface area contributed by atoms with Crippen molar-refractivity contribution in [3.8, 4) is 0 Å². The molecule has 0 bridgehead atoms. The average Bonchev–Trinajstić information content (AvgIpc) is 3.37. The Labute approximate surface area is 439 Å². The third-order valence-electron chi connectivity index (χ3n) is 12.9. The van der Waals surface area contributed by atoms with E-state index in [1.807, 2.05) is 0 Å². The van der Waals surface area contributed by atoms with Gasteiger partial charge in [0.1, 0.15) is 13.2 Å². The van der Waals surface area contributed by atoms with E-state index in [0.29, 0.717) is 19.3 Å². The molecule has 408 valence electrons. The molecule has 1 unspecified atom stereocenters. The molecule has 0 fully saturated rings. The van der Waals surface area contributed by atoms with Crippen LogP contribution in [-0.2, 0) is 28.6 Å². The van der Waals surface area contributed by atoms with E-state index < -0.39 is 6.10 Å². The van der Waals surface area contributed by atoms with Gasteiger partial charge in [-0.2, -0.15) is 0 Å². The van der Waals surface area contributed by atoms with E-state index in [1.165, 1.54) is 141 Å². The van der Waals surface area contributed by atoms with E-state index in [1.54, 1.807) is 0 Å². The molecule has 0 radical (unpaired) electrons. The van der Waals surface area contributed by atoms with Crippen LogP contribution in [0.1, 0.15) is 290 Å². The molecular formula is C65H112O6. The summed E-state index contributed by atoms with van der Waals surface area (Å²) in [6.07, 6.45) is 77.4. The molecular weight excluding hydrogens is 877 g/mol. The van der Waals surface area contributed by atoms with Crippen molar-refractivity contribution in [2.45, 2.75) is 297 Å². The predicted molar refractivity (Wildman–Crippen MR) is 307 cm³/mol. The maximum absolute atomic E-state index is 12.8. The van der Waals surface area contributed by atoms with Gasteiger partial charge in [0.05, 0.1) is 0 Å². The largest absolute Gasteiger partial charge is 0.462 e. The second-order valence-corrected chi connectivity index (χ2v) is 19.9. The van der Waals surface area contributed by atoms with Crippen LogP contribution in [0.15, 0.2) is 85.1 Å². The molecule has 0 aromatic carbocycles. The minimum absolute atomic E-state index is 0.0785. The highest BCUT2D eigenvalue weighted by Crippen LogP contribution is 2.15. The van der Waals surface area contributed by atoms with E-state index in [4.69, 9.17) is 14.2 Å². The van der Waals surface area contributed by atoms with Crippen LogP contribution in [0.4, 0.5) is 0 Å². The first kappa shape index (κ1) is 67.6. The zero-order chi connectivity index (χ0) is 51.4. The quantitative estimate of drug-likeness (QED) is 0.0261. The van der Waals surface area contributed by atoms with Crippen molar-refractivity contribution < 1.29 is 28.6 Å². The standard InChI is InChI=1S/C65H112O6/c1-4-7-10-13-16-19-21-23-25-27-28-29-30-31-32-33-34-35-36-37-38-39-41-42-44-46-49-52-55-58-64(67)70-61-62(60-69-63(66)57-54-51-48-18-15-12-9-6-3)71-65(68)59-56-53-50-47-45-43-40-26-24-22-20-17-14-11-8-5-2/h7,10,16,19,23,25-26,28-29,31-32,34-35,40,62H,4-6,8-9,11-15,17-18,20-22,24,27,30,33,36-39,41-61H2,1-3H3/b10-7-,19-16-,25-23-,29-28-,32-31-,35-34-,40-26-. The number of carbonyl (C=O) groups excluding carboxylic acids is 3. The van der Waals surface area contributed by atoms with E-state index in [9.17, 15) is 14.4 Å². The first-order chi connectivity index (χ1) is 35.0. The van der Waals surface area contributed by atoms with Crippen molar-refractivity contribution in [1.82, 2.24) is 0 Å². The number of ether oxygens (including phenoxy) is 3. The lowest BCUT2D eigenvalue weighted by Gasteiger charge is -2.18. The van der Waals surface area contributed by atoms with Gasteiger partial charge < -0.3 is 14.2 Å². The maximum atomic E-state index is 12.8. The number of allylic oxidation sites excluding steroid dienone is 14. The van der Waals surface area contributed by atoms with E-state index in [0.717, 1.165) is 109 Å². The Kier molecular flexibility index (Phi) is 56.3. The molecule has 71 heavy (non-hydrogen) atoms. The van der Waals surface area contributed by atoms with Gasteiger partial charge in [0.2, 0.25) is 0 Å².